The Morgan fingerprint density at radius 1 is 1.23 bits per heavy atom. The van der Waals surface area contributed by atoms with Gasteiger partial charge in [0.05, 0.1) is 16.7 Å². The van der Waals surface area contributed by atoms with Gasteiger partial charge in [-0.05, 0) is 67.5 Å². The number of nitrogens with zero attached hydrogens (tertiary/aromatic N) is 3. The van der Waals surface area contributed by atoms with E-state index in [-0.39, 0.29) is 5.56 Å². The van der Waals surface area contributed by atoms with Crippen molar-refractivity contribution >= 4 is 40.6 Å². The van der Waals surface area contributed by atoms with E-state index >= 15 is 0 Å². The highest BCUT2D eigenvalue weighted by molar-refractivity contribution is 7.80. The van der Waals surface area contributed by atoms with Crippen molar-refractivity contribution in [2.75, 3.05) is 20.1 Å². The number of fused-ring (bicyclic) bond motifs is 1. The minimum absolute atomic E-state index is 0.0679. The molecule has 3 aromatic rings. The first-order valence-corrected chi connectivity index (χ1v) is 11.8. The number of nitrogens with one attached hydrogen (secondary N) is 2. The van der Waals surface area contributed by atoms with Crippen LogP contribution in [0.25, 0.3) is 17.3 Å². The molecule has 0 atom stereocenters. The Balaban J connectivity index is 1.82. The highest BCUT2D eigenvalue weighted by Gasteiger charge is 2.19. The number of aromatic hydroxyl groups is 1. The summed E-state index contributed by atoms with van der Waals surface area (Å²) in [6.07, 6.45) is 2.12. The molecule has 3 N–H and O–H groups in total. The zero-order valence-electron chi connectivity index (χ0n) is 19.2. The first-order chi connectivity index (χ1) is 16.8. The number of allylic oxidation sites excluding steroid dienone is 1. The van der Waals surface area contributed by atoms with Gasteiger partial charge in [-0.3, -0.25) is 9.78 Å². The van der Waals surface area contributed by atoms with Crippen LogP contribution in [0.3, 0.4) is 0 Å². The minimum Gasteiger partial charge on any atom is -0.494 e. The first kappa shape index (κ1) is 24.4. The van der Waals surface area contributed by atoms with Crippen LogP contribution in [0.4, 0.5) is 0 Å². The van der Waals surface area contributed by atoms with Gasteiger partial charge in [0.1, 0.15) is 5.56 Å². The van der Waals surface area contributed by atoms with Gasteiger partial charge in [0.15, 0.2) is 5.11 Å². The van der Waals surface area contributed by atoms with Crippen LogP contribution in [0.15, 0.2) is 68.8 Å². The van der Waals surface area contributed by atoms with E-state index in [0.717, 1.165) is 27.3 Å². The van der Waals surface area contributed by atoms with Gasteiger partial charge in [-0.2, -0.15) is 0 Å². The lowest BCUT2D eigenvalue weighted by Gasteiger charge is -2.23. The number of para-hydroxylation sites is 1. The standard InChI is InChI=1S/C25H24ClN5O3S/c1-3-30(25(35)27-2)13-12-18-17-6-4-5-7-20(17)28-21(18)14-19-22(32)29-24(34)31(23(19)33)16-10-8-15(26)9-11-16/h4-11,14,33H,3,12-13H2,1-2H3,(H,27,35)(H,29,32,34). The topological polar surface area (TPSA) is 103 Å². The summed E-state index contributed by atoms with van der Waals surface area (Å²) in [4.78, 5) is 34.3. The minimum atomic E-state index is -0.757. The maximum Gasteiger partial charge on any atom is 0.335 e. The first-order valence-electron chi connectivity index (χ1n) is 11.0. The number of aromatic nitrogens is 2. The fraction of sp³-hybridized carbons (Fsp3) is 0.200. The summed E-state index contributed by atoms with van der Waals surface area (Å²) in [5.41, 5.74) is 0.291. The zero-order valence-corrected chi connectivity index (χ0v) is 20.8. The normalized spacial score (nSPS) is 13.5. The van der Waals surface area contributed by atoms with Gasteiger partial charge in [-0.15, -0.1) is 0 Å². The Kier molecular flexibility index (Phi) is 7.18. The number of aromatic amines is 1. The number of rotatable bonds is 6. The van der Waals surface area contributed by atoms with Crippen molar-refractivity contribution in [2.45, 2.75) is 13.3 Å². The van der Waals surface area contributed by atoms with Gasteiger partial charge in [0, 0.05) is 30.4 Å². The Morgan fingerprint density at radius 2 is 1.94 bits per heavy atom. The lowest BCUT2D eigenvalue weighted by atomic mass is 10.1. The molecule has 4 rings (SSSR count). The van der Waals surface area contributed by atoms with E-state index in [1.807, 2.05) is 36.1 Å². The Labute approximate surface area is 211 Å². The molecule has 0 fully saturated rings. The second kappa shape index (κ2) is 10.3. The number of benzene rings is 2. The van der Waals surface area contributed by atoms with Crippen LogP contribution in [0.5, 0.6) is 5.88 Å². The average Bonchev–Trinajstić information content (AvgIpc) is 3.20. The van der Waals surface area contributed by atoms with E-state index in [4.69, 9.17) is 28.8 Å². The molecule has 1 aliphatic rings. The molecule has 0 bridgehead atoms. The van der Waals surface area contributed by atoms with Crippen molar-refractivity contribution in [3.05, 3.63) is 96.2 Å². The molecule has 0 spiro atoms. The highest BCUT2D eigenvalue weighted by Crippen LogP contribution is 2.25. The van der Waals surface area contributed by atoms with Gasteiger partial charge >= 0.3 is 5.69 Å². The fourth-order valence-electron chi connectivity index (χ4n) is 3.99. The van der Waals surface area contributed by atoms with E-state index in [1.54, 1.807) is 31.3 Å². The molecule has 1 aromatic heterocycles. The summed E-state index contributed by atoms with van der Waals surface area (Å²) in [7, 11) is 1.79. The molecular formula is C25H24ClN5O3S. The molecule has 8 nitrogen and oxygen atoms in total. The molecule has 2 aromatic carbocycles. The van der Waals surface area contributed by atoms with Gasteiger partial charge < -0.3 is 15.3 Å². The van der Waals surface area contributed by atoms with Crippen LogP contribution in [0.1, 0.15) is 18.9 Å². The molecule has 2 heterocycles. The molecule has 35 heavy (non-hydrogen) atoms. The molecule has 0 saturated carbocycles. The van der Waals surface area contributed by atoms with E-state index < -0.39 is 17.1 Å². The summed E-state index contributed by atoms with van der Waals surface area (Å²) in [5.74, 6) is -0.481. The fourth-order valence-corrected chi connectivity index (χ4v) is 4.33. The summed E-state index contributed by atoms with van der Waals surface area (Å²) < 4.78 is 1.02. The van der Waals surface area contributed by atoms with Crippen LogP contribution in [0, 0.1) is 0 Å². The van der Waals surface area contributed by atoms with E-state index in [0.29, 0.717) is 34.5 Å². The van der Waals surface area contributed by atoms with Crippen molar-refractivity contribution in [3.63, 3.8) is 0 Å². The second-order valence-corrected chi connectivity index (χ2v) is 8.65. The molecule has 180 valence electrons. The van der Waals surface area contributed by atoms with Gasteiger partial charge in [0.25, 0.3) is 5.56 Å². The molecule has 0 unspecified atom stereocenters. The SMILES string of the molecule is CCN(CCC1=c2ccccc2=NC1=Cc1c(O)n(-c2ccc(Cl)cc2)c(=O)[nH]c1=O)C(=S)NC. The summed E-state index contributed by atoms with van der Waals surface area (Å²) >= 11 is 11.3. The molecule has 0 radical (unpaired) electrons. The van der Waals surface area contributed by atoms with Gasteiger partial charge in [0.2, 0.25) is 5.88 Å². The average molecular weight is 510 g/mol. The number of thiocarbonyl (C=S) groups is 1. The Hall–Kier alpha value is -3.69. The number of H-pyrrole nitrogens is 1. The van der Waals surface area contributed by atoms with Crippen LogP contribution in [-0.2, 0) is 0 Å². The van der Waals surface area contributed by atoms with Crippen molar-refractivity contribution in [1.82, 2.24) is 19.8 Å². The summed E-state index contributed by atoms with van der Waals surface area (Å²) in [6, 6.07) is 14.0. The molecule has 10 heteroatoms. The summed E-state index contributed by atoms with van der Waals surface area (Å²) in [6.45, 7) is 3.40. The molecule has 0 saturated heterocycles. The summed E-state index contributed by atoms with van der Waals surface area (Å²) in [5, 5.41) is 16.8. The number of halogens is 1. The van der Waals surface area contributed by atoms with E-state index in [9.17, 15) is 14.7 Å². The molecule has 1 aliphatic heterocycles. The third kappa shape index (κ3) is 4.91. The third-order valence-electron chi connectivity index (χ3n) is 5.78. The highest BCUT2D eigenvalue weighted by atomic mass is 35.5. The molecule has 0 amide bonds. The molecular weight excluding hydrogens is 486 g/mol. The van der Waals surface area contributed by atoms with Crippen LogP contribution in [-0.4, -0.2) is 44.8 Å². The zero-order chi connectivity index (χ0) is 25.1. The van der Waals surface area contributed by atoms with Crippen LogP contribution in [0.2, 0.25) is 5.02 Å². The maximum atomic E-state index is 12.7. The third-order valence-corrected chi connectivity index (χ3v) is 6.49. The van der Waals surface area contributed by atoms with Gasteiger partial charge in [-0.1, -0.05) is 29.8 Å². The smallest absolute Gasteiger partial charge is 0.335 e. The predicted octanol–water partition coefficient (Wildman–Crippen LogP) is 1.93. The van der Waals surface area contributed by atoms with Crippen molar-refractivity contribution in [3.8, 4) is 11.6 Å². The van der Waals surface area contributed by atoms with Crippen LogP contribution < -0.4 is 27.1 Å². The quantitative estimate of drug-likeness (QED) is 0.439. The van der Waals surface area contributed by atoms with Gasteiger partial charge in [-0.25, -0.2) is 14.4 Å². The Bertz CT molecular complexity index is 1560. The Morgan fingerprint density at radius 3 is 2.63 bits per heavy atom. The second-order valence-electron chi connectivity index (χ2n) is 7.83. The number of hydrogen-bond acceptors (Lipinski definition) is 5. The number of hydrogen-bond donors (Lipinski definition) is 3. The monoisotopic (exact) mass is 509 g/mol. The predicted molar refractivity (Wildman–Crippen MR) is 141 cm³/mol. The van der Waals surface area contributed by atoms with E-state index in [2.05, 4.69) is 10.3 Å². The van der Waals surface area contributed by atoms with Crippen molar-refractivity contribution in [2.24, 2.45) is 4.99 Å². The maximum absolute atomic E-state index is 12.7. The molecule has 0 aliphatic carbocycles. The largest absolute Gasteiger partial charge is 0.494 e. The van der Waals surface area contributed by atoms with Crippen LogP contribution >= 0.6 is 23.8 Å². The lowest BCUT2D eigenvalue weighted by molar-refractivity contribution is 0.429. The van der Waals surface area contributed by atoms with Crippen molar-refractivity contribution < 1.29 is 5.11 Å². The van der Waals surface area contributed by atoms with Crippen molar-refractivity contribution in [1.29, 1.82) is 0 Å². The lowest BCUT2D eigenvalue weighted by Crippen LogP contribution is -2.38. The van der Waals surface area contributed by atoms with E-state index in [1.165, 1.54) is 6.08 Å².